The number of amides is 1. The van der Waals surface area contributed by atoms with Crippen LogP contribution in [-0.4, -0.2) is 40.3 Å². The van der Waals surface area contributed by atoms with E-state index in [1.54, 1.807) is 0 Å². The fourth-order valence-corrected chi connectivity index (χ4v) is 5.64. The van der Waals surface area contributed by atoms with E-state index in [9.17, 15) is 9.90 Å². The highest BCUT2D eigenvalue weighted by molar-refractivity contribution is 9.10. The van der Waals surface area contributed by atoms with Gasteiger partial charge in [-0.05, 0) is 60.8 Å². The molecule has 3 N–H and O–H groups in total. The molecule has 0 bridgehead atoms. The molecule has 7 heteroatoms. The Labute approximate surface area is 217 Å². The Balaban J connectivity index is 1.51. The summed E-state index contributed by atoms with van der Waals surface area (Å²) in [5.41, 5.74) is 3.32. The van der Waals surface area contributed by atoms with E-state index >= 15 is 0 Å². The maximum Gasteiger partial charge on any atom is 0.218 e. The molecule has 0 saturated heterocycles. The molecule has 35 heavy (non-hydrogen) atoms. The molecule has 1 aliphatic heterocycles. The first-order chi connectivity index (χ1) is 16.5. The third-order valence-electron chi connectivity index (χ3n) is 7.02. The van der Waals surface area contributed by atoms with Crippen LogP contribution in [0.2, 0.25) is 0 Å². The Morgan fingerprint density at radius 1 is 1.31 bits per heavy atom. The molecule has 1 saturated carbocycles. The van der Waals surface area contributed by atoms with Crippen LogP contribution in [0.4, 0.5) is 0 Å². The van der Waals surface area contributed by atoms with Gasteiger partial charge in [-0.25, -0.2) is 4.98 Å². The molecule has 2 heterocycles. The van der Waals surface area contributed by atoms with Gasteiger partial charge >= 0.3 is 0 Å². The van der Waals surface area contributed by atoms with E-state index < -0.39 is 12.1 Å². The van der Waals surface area contributed by atoms with Crippen LogP contribution in [-0.2, 0) is 17.6 Å². The zero-order valence-electron chi connectivity index (χ0n) is 21.2. The fraction of sp³-hybridized carbons (Fsp3) is 0.571. The van der Waals surface area contributed by atoms with Gasteiger partial charge < -0.3 is 20.5 Å². The number of nitrogens with zero attached hydrogens (tertiary/aromatic N) is 1. The number of pyridine rings is 1. The molecule has 1 fully saturated rings. The molecular formula is C28H38BrN3O3. The number of aromatic nitrogens is 1. The lowest BCUT2D eigenvalue weighted by Gasteiger charge is -2.47. The Kier molecular flexibility index (Phi) is 7.89. The van der Waals surface area contributed by atoms with Crippen molar-refractivity contribution in [2.45, 2.75) is 90.0 Å². The van der Waals surface area contributed by atoms with Gasteiger partial charge in [0.25, 0.3) is 0 Å². The zero-order valence-corrected chi connectivity index (χ0v) is 22.8. The van der Waals surface area contributed by atoms with Crippen LogP contribution in [0.15, 0.2) is 41.0 Å². The highest BCUT2D eigenvalue weighted by atomic mass is 79.9. The molecule has 1 aromatic heterocycles. The van der Waals surface area contributed by atoms with Gasteiger partial charge in [0, 0.05) is 42.2 Å². The molecule has 0 unspecified atom stereocenters. The molecule has 1 spiro atoms. The van der Waals surface area contributed by atoms with Gasteiger partial charge in [-0.15, -0.1) is 0 Å². The lowest BCUT2D eigenvalue weighted by Crippen LogP contribution is -2.52. The predicted molar refractivity (Wildman–Crippen MR) is 141 cm³/mol. The van der Waals surface area contributed by atoms with Crippen molar-refractivity contribution in [2.24, 2.45) is 5.41 Å². The molecule has 2 aliphatic rings. The number of ether oxygens (including phenoxy) is 1. The van der Waals surface area contributed by atoms with Crippen molar-refractivity contribution in [1.29, 1.82) is 0 Å². The van der Waals surface area contributed by atoms with Crippen molar-refractivity contribution in [3.8, 4) is 5.88 Å². The van der Waals surface area contributed by atoms with Crippen molar-refractivity contribution < 1.29 is 14.6 Å². The molecule has 3 atom stereocenters. The van der Waals surface area contributed by atoms with Crippen LogP contribution in [0.3, 0.4) is 0 Å². The van der Waals surface area contributed by atoms with E-state index in [4.69, 9.17) is 9.72 Å². The van der Waals surface area contributed by atoms with E-state index in [-0.39, 0.29) is 23.0 Å². The van der Waals surface area contributed by atoms with Gasteiger partial charge in [-0.2, -0.15) is 0 Å². The summed E-state index contributed by atoms with van der Waals surface area (Å²) in [5.74, 6) is 0.564. The second-order valence-electron chi connectivity index (χ2n) is 11.4. The normalized spacial score (nSPS) is 20.3. The Bertz CT molecular complexity index is 1050. The minimum atomic E-state index is -0.750. The van der Waals surface area contributed by atoms with E-state index in [1.165, 1.54) is 18.9 Å². The number of aliphatic hydroxyl groups is 1. The van der Waals surface area contributed by atoms with Crippen molar-refractivity contribution in [1.82, 2.24) is 15.6 Å². The molecule has 2 aromatic rings. The lowest BCUT2D eigenvalue weighted by atomic mass is 9.73. The second kappa shape index (κ2) is 10.6. The topological polar surface area (TPSA) is 83.5 Å². The fourth-order valence-electron chi connectivity index (χ4n) is 5.20. The number of hydrogen-bond acceptors (Lipinski definition) is 5. The van der Waals surface area contributed by atoms with Crippen LogP contribution in [0.5, 0.6) is 5.88 Å². The smallest absolute Gasteiger partial charge is 0.218 e. The first-order valence-corrected chi connectivity index (χ1v) is 13.4. The second-order valence-corrected chi connectivity index (χ2v) is 12.3. The molecule has 6 nitrogen and oxygen atoms in total. The average molecular weight is 545 g/mol. The van der Waals surface area contributed by atoms with Gasteiger partial charge in [0.05, 0.1) is 12.1 Å². The number of aliphatic hydroxyl groups excluding tert-OH is 1. The molecule has 190 valence electrons. The molecule has 1 amide bonds. The van der Waals surface area contributed by atoms with Gasteiger partial charge in [0.2, 0.25) is 11.8 Å². The van der Waals surface area contributed by atoms with Gasteiger partial charge in [0.1, 0.15) is 5.60 Å². The number of fused-ring (bicyclic) bond motifs is 1. The maximum atomic E-state index is 11.9. The summed E-state index contributed by atoms with van der Waals surface area (Å²) in [6.45, 7) is 8.53. The van der Waals surface area contributed by atoms with Crippen molar-refractivity contribution in [3.05, 3.63) is 57.7 Å². The quantitative estimate of drug-likeness (QED) is 0.442. The number of hydrogen-bond donors (Lipinski definition) is 3. The van der Waals surface area contributed by atoms with Crippen molar-refractivity contribution in [3.63, 3.8) is 0 Å². The van der Waals surface area contributed by atoms with E-state index in [0.29, 0.717) is 18.8 Å². The predicted octanol–water partition coefficient (Wildman–Crippen LogP) is 4.88. The van der Waals surface area contributed by atoms with Crippen LogP contribution in [0.25, 0.3) is 0 Å². The minimum absolute atomic E-state index is 0.0440. The summed E-state index contributed by atoms with van der Waals surface area (Å²) in [6.07, 6.45) is 6.77. The molecule has 1 aliphatic carbocycles. The summed E-state index contributed by atoms with van der Waals surface area (Å²) < 4.78 is 7.36. The molecule has 0 radical (unpaired) electrons. The average Bonchev–Trinajstić information content (AvgIpc) is 2.75. The van der Waals surface area contributed by atoms with E-state index in [2.05, 4.69) is 53.4 Å². The highest BCUT2D eigenvalue weighted by Crippen LogP contribution is 2.48. The van der Waals surface area contributed by atoms with Gasteiger partial charge in [-0.3, -0.25) is 4.79 Å². The number of nitrogens with one attached hydrogen (secondary N) is 2. The summed E-state index contributed by atoms with van der Waals surface area (Å²) in [6, 6.07) is 9.77. The Morgan fingerprint density at radius 3 is 2.69 bits per heavy atom. The third-order valence-corrected chi connectivity index (χ3v) is 7.80. The highest BCUT2D eigenvalue weighted by Gasteiger charge is 2.46. The molecule has 1 aromatic carbocycles. The summed E-state index contributed by atoms with van der Waals surface area (Å²) in [7, 11) is 0. The van der Waals surface area contributed by atoms with Gasteiger partial charge in [-0.1, -0.05) is 54.9 Å². The number of carbonyl (C=O) groups is 1. The third kappa shape index (κ3) is 6.63. The first kappa shape index (κ1) is 26.1. The van der Waals surface area contributed by atoms with Crippen molar-refractivity contribution >= 4 is 21.8 Å². The number of benzene rings is 1. The minimum Gasteiger partial charge on any atom is -0.471 e. The standard InChI is InChI=1S/C28H38BrN3O3/c1-18(33)32-23(13-20-8-5-6-9-22(20)29)25(34)17-30-24-15-28(10-7-11-28)35-26-21(24)12-19(16-31-26)14-27(2,3)4/h5-6,8-9,12,16,23-25,30,34H,7,10-11,13-15,17H2,1-4H3,(H,32,33)/t23-,24-,25+/m0/s1. The van der Waals surface area contributed by atoms with Crippen LogP contribution in [0.1, 0.15) is 76.1 Å². The van der Waals surface area contributed by atoms with E-state index in [0.717, 1.165) is 41.3 Å². The van der Waals surface area contributed by atoms with Crippen LogP contribution >= 0.6 is 15.9 Å². The van der Waals surface area contributed by atoms with Crippen molar-refractivity contribution in [2.75, 3.05) is 6.54 Å². The van der Waals surface area contributed by atoms with Crippen LogP contribution in [0, 0.1) is 5.41 Å². The number of carbonyl (C=O) groups excluding carboxylic acids is 1. The first-order valence-electron chi connectivity index (χ1n) is 12.6. The summed E-state index contributed by atoms with van der Waals surface area (Å²) in [5, 5.41) is 17.7. The van der Waals surface area contributed by atoms with E-state index in [1.807, 2.05) is 30.5 Å². The Morgan fingerprint density at radius 2 is 2.06 bits per heavy atom. The zero-order chi connectivity index (χ0) is 25.2. The molecular weight excluding hydrogens is 506 g/mol. The SMILES string of the molecule is CC(=O)N[C@@H](Cc1ccccc1Br)[C@H](O)CN[C@H]1CC2(CCC2)Oc2ncc(CC(C)(C)C)cc21. The van der Waals surface area contributed by atoms with Crippen LogP contribution < -0.4 is 15.4 Å². The summed E-state index contributed by atoms with van der Waals surface area (Å²) in [4.78, 5) is 16.6. The largest absolute Gasteiger partial charge is 0.471 e. The Hall–Kier alpha value is -1.96. The maximum absolute atomic E-state index is 11.9. The molecule has 4 rings (SSSR count). The monoisotopic (exact) mass is 543 g/mol. The summed E-state index contributed by atoms with van der Waals surface area (Å²) >= 11 is 3.58. The number of halogens is 1. The number of rotatable bonds is 8. The lowest BCUT2D eigenvalue weighted by molar-refractivity contribution is -0.120. The van der Waals surface area contributed by atoms with Gasteiger partial charge in [0.15, 0.2) is 0 Å².